The number of nitrogens with two attached hydrogens (primary N) is 1. The van der Waals surface area contributed by atoms with E-state index in [2.05, 4.69) is 34.3 Å². The summed E-state index contributed by atoms with van der Waals surface area (Å²) in [6, 6.07) is 13.1. The monoisotopic (exact) mass is 403 g/mol. The number of hydrogen-bond acceptors (Lipinski definition) is 3. The Morgan fingerprint density at radius 1 is 1.25 bits per heavy atom. The molecule has 1 atom stereocenters. The second-order valence-corrected chi connectivity index (χ2v) is 6.85. The van der Waals surface area contributed by atoms with Crippen LogP contribution in [0.5, 0.6) is 5.75 Å². The van der Waals surface area contributed by atoms with Crippen LogP contribution >= 0.6 is 12.4 Å². The minimum absolute atomic E-state index is 0. The molecule has 148 valence electrons. The number of ether oxygens (including phenoxy) is 1. The number of fused-ring (bicyclic) bond motifs is 2. The van der Waals surface area contributed by atoms with E-state index < -0.39 is 11.7 Å². The number of para-hydroxylation sites is 1. The van der Waals surface area contributed by atoms with E-state index in [1.54, 1.807) is 0 Å². The molecule has 4 rings (SSSR count). The van der Waals surface area contributed by atoms with Crippen LogP contribution in [0, 0.1) is 5.82 Å². The SMILES string of the molecule is Cl.NC(=O)c1ccc(F)c2c1CC(NCCCn1ccc3ccccc31)CO2. The molecule has 5 nitrogen and oxygen atoms in total. The standard InChI is InChI=1S/C21H22FN3O2.ClH/c22-18-7-6-16(21(23)26)17-12-15(13-27-20(17)18)24-9-3-10-25-11-8-14-4-1-2-5-19(14)25;/h1-2,4-8,11,15,24H,3,9-10,12-13H2,(H2,23,26);1H. The van der Waals surface area contributed by atoms with Crippen molar-refractivity contribution in [2.45, 2.75) is 25.4 Å². The minimum atomic E-state index is -0.560. The van der Waals surface area contributed by atoms with Crippen LogP contribution in [0.2, 0.25) is 0 Å². The van der Waals surface area contributed by atoms with E-state index in [9.17, 15) is 9.18 Å². The number of carbonyl (C=O) groups is 1. The Morgan fingerprint density at radius 3 is 2.89 bits per heavy atom. The summed E-state index contributed by atoms with van der Waals surface area (Å²) in [6.07, 6.45) is 3.58. The zero-order valence-electron chi connectivity index (χ0n) is 15.4. The van der Waals surface area contributed by atoms with Crippen molar-refractivity contribution in [2.75, 3.05) is 13.2 Å². The van der Waals surface area contributed by atoms with Gasteiger partial charge in [-0.05, 0) is 49.0 Å². The van der Waals surface area contributed by atoms with E-state index in [1.807, 2.05) is 12.1 Å². The van der Waals surface area contributed by atoms with Gasteiger partial charge in [0.05, 0.1) is 0 Å². The third-order valence-corrected chi connectivity index (χ3v) is 5.05. The zero-order chi connectivity index (χ0) is 18.8. The van der Waals surface area contributed by atoms with Gasteiger partial charge in [0.1, 0.15) is 6.61 Å². The number of amides is 1. The highest BCUT2D eigenvalue weighted by molar-refractivity contribution is 5.95. The topological polar surface area (TPSA) is 69.3 Å². The van der Waals surface area contributed by atoms with Crippen molar-refractivity contribution in [3.05, 3.63) is 65.6 Å². The van der Waals surface area contributed by atoms with Gasteiger partial charge < -0.3 is 20.4 Å². The lowest BCUT2D eigenvalue weighted by Crippen LogP contribution is -2.41. The van der Waals surface area contributed by atoms with Crippen LogP contribution in [0.15, 0.2) is 48.7 Å². The van der Waals surface area contributed by atoms with Gasteiger partial charge in [-0.3, -0.25) is 4.79 Å². The van der Waals surface area contributed by atoms with Crippen molar-refractivity contribution in [1.82, 2.24) is 9.88 Å². The summed E-state index contributed by atoms with van der Waals surface area (Å²) in [7, 11) is 0. The van der Waals surface area contributed by atoms with Crippen LogP contribution in [0.25, 0.3) is 10.9 Å². The van der Waals surface area contributed by atoms with Crippen LogP contribution < -0.4 is 15.8 Å². The van der Waals surface area contributed by atoms with Gasteiger partial charge in [0.15, 0.2) is 11.6 Å². The van der Waals surface area contributed by atoms with Crippen molar-refractivity contribution < 1.29 is 13.9 Å². The molecule has 0 saturated carbocycles. The Kier molecular flexibility index (Phi) is 6.21. The highest BCUT2D eigenvalue weighted by Gasteiger charge is 2.26. The Bertz CT molecular complexity index is 989. The molecule has 1 unspecified atom stereocenters. The second-order valence-electron chi connectivity index (χ2n) is 6.85. The van der Waals surface area contributed by atoms with Crippen LogP contribution in [0.4, 0.5) is 4.39 Å². The fraction of sp³-hybridized carbons (Fsp3) is 0.286. The number of primary amides is 1. The lowest BCUT2D eigenvalue weighted by Gasteiger charge is -2.27. The predicted molar refractivity (Wildman–Crippen MR) is 110 cm³/mol. The van der Waals surface area contributed by atoms with E-state index >= 15 is 0 Å². The van der Waals surface area contributed by atoms with Crippen LogP contribution in [-0.4, -0.2) is 29.7 Å². The molecular weight excluding hydrogens is 381 g/mol. The number of nitrogens with one attached hydrogen (secondary N) is 1. The molecule has 3 N–H and O–H groups in total. The minimum Gasteiger partial charge on any atom is -0.489 e. The molecule has 0 bridgehead atoms. The van der Waals surface area contributed by atoms with Crippen LogP contribution in [-0.2, 0) is 13.0 Å². The first-order valence-corrected chi connectivity index (χ1v) is 9.14. The molecule has 2 heterocycles. The largest absolute Gasteiger partial charge is 0.489 e. The second kappa shape index (κ2) is 8.63. The molecule has 0 aliphatic carbocycles. The van der Waals surface area contributed by atoms with E-state index in [-0.39, 0.29) is 24.2 Å². The molecule has 0 spiro atoms. The Balaban J connectivity index is 0.00000225. The number of aryl methyl sites for hydroxylation is 1. The molecule has 1 aliphatic rings. The number of rotatable bonds is 6. The van der Waals surface area contributed by atoms with E-state index in [0.29, 0.717) is 24.2 Å². The molecule has 1 aromatic heterocycles. The summed E-state index contributed by atoms with van der Waals surface area (Å²) in [5, 5.41) is 4.69. The highest BCUT2D eigenvalue weighted by Crippen LogP contribution is 2.31. The first kappa shape index (κ1) is 20.2. The maximum atomic E-state index is 13.9. The van der Waals surface area contributed by atoms with E-state index in [0.717, 1.165) is 19.5 Å². The van der Waals surface area contributed by atoms with Crippen molar-refractivity contribution in [2.24, 2.45) is 5.73 Å². The third kappa shape index (κ3) is 3.98. The fourth-order valence-electron chi connectivity index (χ4n) is 3.70. The Morgan fingerprint density at radius 2 is 2.07 bits per heavy atom. The van der Waals surface area contributed by atoms with Crippen molar-refractivity contribution >= 4 is 29.2 Å². The maximum absolute atomic E-state index is 13.9. The smallest absolute Gasteiger partial charge is 0.249 e. The number of aromatic nitrogens is 1. The first-order chi connectivity index (χ1) is 13.1. The Labute approximate surface area is 169 Å². The summed E-state index contributed by atoms with van der Waals surface area (Å²) < 4.78 is 21.7. The summed E-state index contributed by atoms with van der Waals surface area (Å²) in [5.74, 6) is -0.855. The molecule has 3 aromatic rings. The lowest BCUT2D eigenvalue weighted by molar-refractivity contribution is 0.0997. The number of hydrogen-bond donors (Lipinski definition) is 2. The molecule has 1 amide bonds. The van der Waals surface area contributed by atoms with Gasteiger partial charge in [0, 0.05) is 35.4 Å². The molecule has 7 heteroatoms. The summed E-state index contributed by atoms with van der Waals surface area (Å²) in [4.78, 5) is 11.6. The normalized spacial score (nSPS) is 15.5. The van der Waals surface area contributed by atoms with E-state index in [4.69, 9.17) is 10.5 Å². The quantitative estimate of drug-likeness (QED) is 0.620. The van der Waals surface area contributed by atoms with Crippen molar-refractivity contribution in [3.8, 4) is 5.75 Å². The molecule has 0 saturated heterocycles. The molecule has 0 radical (unpaired) electrons. The number of benzene rings is 2. The van der Waals surface area contributed by atoms with E-state index in [1.165, 1.54) is 23.0 Å². The van der Waals surface area contributed by atoms with Gasteiger partial charge in [-0.2, -0.15) is 0 Å². The Hall–Kier alpha value is -2.57. The predicted octanol–water partition coefficient (Wildman–Crippen LogP) is 3.28. The summed E-state index contributed by atoms with van der Waals surface area (Å²) >= 11 is 0. The van der Waals surface area contributed by atoms with Crippen LogP contribution in [0.3, 0.4) is 0 Å². The number of halogens is 2. The van der Waals surface area contributed by atoms with Crippen molar-refractivity contribution in [1.29, 1.82) is 0 Å². The first-order valence-electron chi connectivity index (χ1n) is 9.14. The van der Waals surface area contributed by atoms with Gasteiger partial charge in [-0.15, -0.1) is 12.4 Å². The summed E-state index contributed by atoms with van der Waals surface area (Å²) in [5.41, 5.74) is 7.53. The highest BCUT2D eigenvalue weighted by atomic mass is 35.5. The zero-order valence-corrected chi connectivity index (χ0v) is 16.2. The van der Waals surface area contributed by atoms with Crippen LogP contribution in [0.1, 0.15) is 22.3 Å². The molecule has 0 fully saturated rings. The molecule has 28 heavy (non-hydrogen) atoms. The summed E-state index contributed by atoms with van der Waals surface area (Å²) in [6.45, 7) is 2.08. The maximum Gasteiger partial charge on any atom is 0.249 e. The number of nitrogens with zero attached hydrogens (tertiary/aromatic N) is 1. The lowest BCUT2D eigenvalue weighted by atomic mass is 9.96. The van der Waals surface area contributed by atoms with Gasteiger partial charge in [-0.25, -0.2) is 4.39 Å². The molecule has 2 aromatic carbocycles. The third-order valence-electron chi connectivity index (χ3n) is 5.05. The average molecular weight is 404 g/mol. The molecule has 1 aliphatic heterocycles. The van der Waals surface area contributed by atoms with Crippen molar-refractivity contribution in [3.63, 3.8) is 0 Å². The van der Waals surface area contributed by atoms with Gasteiger partial charge in [-0.1, -0.05) is 18.2 Å². The number of carbonyl (C=O) groups excluding carboxylic acids is 1. The molecular formula is C21H23ClFN3O2. The van der Waals surface area contributed by atoms with Gasteiger partial charge >= 0.3 is 0 Å². The average Bonchev–Trinajstić information content (AvgIpc) is 3.08. The van der Waals surface area contributed by atoms with Gasteiger partial charge in [0.25, 0.3) is 0 Å². The fourth-order valence-corrected chi connectivity index (χ4v) is 3.70. The van der Waals surface area contributed by atoms with Gasteiger partial charge in [0.2, 0.25) is 5.91 Å².